The highest BCUT2D eigenvalue weighted by atomic mass is 16.6. The summed E-state index contributed by atoms with van der Waals surface area (Å²) in [5, 5.41) is 14.5. The van der Waals surface area contributed by atoms with Crippen LogP contribution in [0.25, 0.3) is 0 Å². The van der Waals surface area contributed by atoms with E-state index in [2.05, 4.69) is 5.10 Å². The second kappa shape index (κ2) is 4.04. The summed E-state index contributed by atoms with van der Waals surface area (Å²) in [5.41, 5.74) is 3.79. The molecule has 0 aliphatic rings. The number of carbonyl (C=O) groups is 1. The Morgan fingerprint density at radius 2 is 2.06 bits per heavy atom. The summed E-state index contributed by atoms with van der Waals surface area (Å²) in [6.07, 6.45) is 0. The number of carbonyl (C=O) groups excluding carboxylic acids is 1. The second-order valence-electron chi connectivity index (χ2n) is 4.47. The normalized spacial score (nSPS) is 11.3. The summed E-state index contributed by atoms with van der Waals surface area (Å²) in [5.74, 6) is -1.05. The quantitative estimate of drug-likeness (QED) is 0.467. The fourth-order valence-corrected chi connectivity index (χ4v) is 1.17. The van der Waals surface area contributed by atoms with Gasteiger partial charge in [-0.15, -0.1) is 0 Å². The third-order valence-corrected chi connectivity index (χ3v) is 1.84. The highest BCUT2D eigenvalue weighted by molar-refractivity contribution is 5.94. The number of nitrogens with zero attached hydrogens (tertiary/aromatic N) is 3. The molecule has 0 saturated heterocycles. The lowest BCUT2D eigenvalue weighted by Gasteiger charge is -2.18. The number of ether oxygens (including phenoxy) is 1. The van der Waals surface area contributed by atoms with Gasteiger partial charge in [-0.3, -0.25) is 10.1 Å². The molecule has 17 heavy (non-hydrogen) atoms. The van der Waals surface area contributed by atoms with E-state index >= 15 is 0 Å². The van der Waals surface area contributed by atoms with Crippen molar-refractivity contribution in [2.75, 3.05) is 5.73 Å². The molecule has 0 unspecified atom stereocenters. The average molecular weight is 242 g/mol. The van der Waals surface area contributed by atoms with Gasteiger partial charge in [0.15, 0.2) is 0 Å². The molecule has 0 amide bonds. The minimum atomic E-state index is -0.864. The Balaban J connectivity index is 3.19. The van der Waals surface area contributed by atoms with Crippen molar-refractivity contribution < 1.29 is 14.5 Å². The number of esters is 1. The molecule has 0 bridgehead atoms. The molecule has 0 spiro atoms. The summed E-state index contributed by atoms with van der Waals surface area (Å²) in [6, 6.07) is 0. The number of hydrogen-bond donors (Lipinski definition) is 1. The van der Waals surface area contributed by atoms with Crippen molar-refractivity contribution in [2.45, 2.75) is 26.4 Å². The smallest absolute Gasteiger partial charge is 0.366 e. The zero-order valence-corrected chi connectivity index (χ0v) is 10.1. The molecule has 0 aliphatic heterocycles. The molecule has 1 heterocycles. The Morgan fingerprint density at radius 1 is 1.53 bits per heavy atom. The van der Waals surface area contributed by atoms with E-state index < -0.39 is 22.2 Å². The van der Waals surface area contributed by atoms with Gasteiger partial charge >= 0.3 is 11.7 Å². The van der Waals surface area contributed by atoms with Crippen LogP contribution in [0.15, 0.2) is 0 Å². The molecule has 1 aromatic rings. The molecular formula is C9H14N4O4. The van der Waals surface area contributed by atoms with Gasteiger partial charge in [0.25, 0.3) is 0 Å². The van der Waals surface area contributed by atoms with E-state index in [1.807, 2.05) is 0 Å². The van der Waals surface area contributed by atoms with E-state index in [1.54, 1.807) is 20.8 Å². The summed E-state index contributed by atoms with van der Waals surface area (Å²) in [4.78, 5) is 21.7. The number of nitrogen functional groups attached to an aromatic ring is 1. The van der Waals surface area contributed by atoms with E-state index in [4.69, 9.17) is 10.5 Å². The molecule has 8 heteroatoms. The Kier molecular flexibility index (Phi) is 3.08. The number of aromatic nitrogens is 2. The minimum Gasteiger partial charge on any atom is -0.455 e. The lowest BCUT2D eigenvalue weighted by molar-refractivity contribution is -0.384. The second-order valence-corrected chi connectivity index (χ2v) is 4.47. The SMILES string of the molecule is Cn1nc(C(=O)OC(C)(C)C)c([N+](=O)[O-])c1N. The van der Waals surface area contributed by atoms with Crippen molar-refractivity contribution in [3.8, 4) is 0 Å². The number of rotatable bonds is 2. The molecule has 2 N–H and O–H groups in total. The molecule has 0 aromatic carbocycles. The number of aryl methyl sites for hydroxylation is 1. The fourth-order valence-electron chi connectivity index (χ4n) is 1.17. The van der Waals surface area contributed by atoms with Crippen LogP contribution in [0.4, 0.5) is 11.5 Å². The van der Waals surface area contributed by atoms with Gasteiger partial charge in [-0.25, -0.2) is 9.48 Å². The van der Waals surface area contributed by atoms with E-state index in [1.165, 1.54) is 7.05 Å². The summed E-state index contributed by atoms with van der Waals surface area (Å²) in [7, 11) is 1.41. The van der Waals surface area contributed by atoms with E-state index in [0.717, 1.165) is 4.68 Å². The first-order valence-corrected chi connectivity index (χ1v) is 4.83. The minimum absolute atomic E-state index is 0.184. The molecular weight excluding hydrogens is 228 g/mol. The Labute approximate surface area is 97.5 Å². The first-order chi connectivity index (χ1) is 7.63. The first kappa shape index (κ1) is 12.9. The third kappa shape index (κ3) is 2.71. The number of anilines is 1. The van der Waals surface area contributed by atoms with Crippen LogP contribution in [0.3, 0.4) is 0 Å². The van der Waals surface area contributed by atoms with Gasteiger partial charge in [-0.05, 0) is 20.8 Å². The highest BCUT2D eigenvalue weighted by Crippen LogP contribution is 2.26. The molecule has 8 nitrogen and oxygen atoms in total. The van der Waals surface area contributed by atoms with Crippen molar-refractivity contribution in [1.82, 2.24) is 9.78 Å². The Bertz CT molecular complexity index is 472. The maximum atomic E-state index is 11.7. The summed E-state index contributed by atoms with van der Waals surface area (Å²) in [6.45, 7) is 4.97. The van der Waals surface area contributed by atoms with Gasteiger partial charge in [-0.1, -0.05) is 0 Å². The molecule has 0 saturated carbocycles. The molecule has 1 rings (SSSR count). The molecule has 0 fully saturated rings. The topological polar surface area (TPSA) is 113 Å². The van der Waals surface area contributed by atoms with Crippen molar-refractivity contribution in [2.24, 2.45) is 7.05 Å². The highest BCUT2D eigenvalue weighted by Gasteiger charge is 2.32. The van der Waals surface area contributed by atoms with Crippen molar-refractivity contribution in [1.29, 1.82) is 0 Å². The van der Waals surface area contributed by atoms with Gasteiger partial charge in [0.2, 0.25) is 11.5 Å². The maximum Gasteiger partial charge on any atom is 0.366 e. The lowest BCUT2D eigenvalue weighted by atomic mass is 10.2. The lowest BCUT2D eigenvalue weighted by Crippen LogP contribution is -2.24. The number of nitro groups is 1. The van der Waals surface area contributed by atoms with E-state index in [-0.39, 0.29) is 11.5 Å². The van der Waals surface area contributed by atoms with Gasteiger partial charge in [0.05, 0.1) is 4.92 Å². The van der Waals surface area contributed by atoms with Gasteiger partial charge in [0.1, 0.15) is 5.60 Å². The van der Waals surface area contributed by atoms with Crippen LogP contribution in [0.1, 0.15) is 31.3 Å². The van der Waals surface area contributed by atoms with Gasteiger partial charge < -0.3 is 10.5 Å². The van der Waals surface area contributed by atoms with Crippen LogP contribution < -0.4 is 5.73 Å². The van der Waals surface area contributed by atoms with Crippen LogP contribution in [-0.2, 0) is 11.8 Å². The monoisotopic (exact) mass is 242 g/mol. The van der Waals surface area contributed by atoms with Crippen molar-refractivity contribution in [3.05, 3.63) is 15.8 Å². The van der Waals surface area contributed by atoms with Crippen molar-refractivity contribution in [3.63, 3.8) is 0 Å². The number of hydrogen-bond acceptors (Lipinski definition) is 6. The average Bonchev–Trinajstić information content (AvgIpc) is 2.40. The van der Waals surface area contributed by atoms with Crippen LogP contribution in [0, 0.1) is 10.1 Å². The standard InChI is InChI=1S/C9H14N4O4/c1-9(2,3)17-8(14)5-6(13(15)16)7(10)12(4)11-5/h10H2,1-4H3. The molecule has 1 aromatic heterocycles. The predicted molar refractivity (Wildman–Crippen MR) is 59.4 cm³/mol. The molecule has 0 radical (unpaired) electrons. The Hall–Kier alpha value is -2.12. The zero-order valence-electron chi connectivity index (χ0n) is 10.1. The van der Waals surface area contributed by atoms with Crippen LogP contribution in [0.2, 0.25) is 0 Å². The maximum absolute atomic E-state index is 11.7. The van der Waals surface area contributed by atoms with Crippen LogP contribution in [0.5, 0.6) is 0 Å². The largest absolute Gasteiger partial charge is 0.455 e. The molecule has 94 valence electrons. The summed E-state index contributed by atoms with van der Waals surface area (Å²) < 4.78 is 6.08. The van der Waals surface area contributed by atoms with Crippen LogP contribution >= 0.6 is 0 Å². The predicted octanol–water partition coefficient (Wildman–Crippen LogP) is 0.866. The van der Waals surface area contributed by atoms with Gasteiger partial charge in [0, 0.05) is 7.05 Å². The number of nitrogens with two attached hydrogens (primary N) is 1. The third-order valence-electron chi connectivity index (χ3n) is 1.84. The first-order valence-electron chi connectivity index (χ1n) is 4.83. The van der Waals surface area contributed by atoms with Crippen molar-refractivity contribution >= 4 is 17.5 Å². The van der Waals surface area contributed by atoms with E-state index in [0.29, 0.717) is 0 Å². The van der Waals surface area contributed by atoms with Crippen LogP contribution in [-0.4, -0.2) is 26.3 Å². The molecule has 0 atom stereocenters. The van der Waals surface area contributed by atoms with E-state index in [9.17, 15) is 14.9 Å². The fraction of sp³-hybridized carbons (Fsp3) is 0.556. The Morgan fingerprint density at radius 3 is 2.47 bits per heavy atom. The molecule has 0 aliphatic carbocycles. The van der Waals surface area contributed by atoms with Gasteiger partial charge in [-0.2, -0.15) is 5.10 Å². The summed E-state index contributed by atoms with van der Waals surface area (Å²) >= 11 is 0. The zero-order chi connectivity index (χ0) is 13.4.